The van der Waals surface area contributed by atoms with Crippen molar-refractivity contribution < 1.29 is 17.7 Å². The lowest BCUT2D eigenvalue weighted by atomic mass is 10.0. The van der Waals surface area contributed by atoms with Crippen LogP contribution in [0.1, 0.15) is 0 Å². The third-order valence-corrected chi connectivity index (χ3v) is 15.4. The molecule has 0 aliphatic carbocycles. The molecule has 0 saturated carbocycles. The van der Waals surface area contributed by atoms with Crippen molar-refractivity contribution in [2.75, 3.05) is 9.80 Å². The number of para-hydroxylation sites is 4. The number of benzene rings is 12. The molecule has 6 nitrogen and oxygen atoms in total. The van der Waals surface area contributed by atoms with Gasteiger partial charge in [0.05, 0.1) is 0 Å². The molecule has 4 aromatic heterocycles. The van der Waals surface area contributed by atoms with Crippen LogP contribution < -0.4 is 9.80 Å². The third kappa shape index (κ3) is 7.26. The van der Waals surface area contributed by atoms with Crippen molar-refractivity contribution >= 4 is 122 Å². The summed E-state index contributed by atoms with van der Waals surface area (Å²) in [5, 5.41) is 8.48. The van der Waals surface area contributed by atoms with Crippen molar-refractivity contribution in [2.45, 2.75) is 0 Å². The Morgan fingerprint density at radius 3 is 0.872 bits per heavy atom. The number of nitrogens with zero attached hydrogens (tertiary/aromatic N) is 2. The van der Waals surface area contributed by atoms with Crippen LogP contribution in [0.4, 0.5) is 34.1 Å². The summed E-state index contributed by atoms with van der Waals surface area (Å²) in [5.74, 6) is 0. The Balaban J connectivity index is 0.703. The molecule has 0 bridgehead atoms. The van der Waals surface area contributed by atoms with Crippen molar-refractivity contribution in [3.63, 3.8) is 0 Å². The number of anilines is 6. The van der Waals surface area contributed by atoms with Crippen molar-refractivity contribution in [2.24, 2.45) is 0 Å². The highest BCUT2D eigenvalue weighted by Gasteiger charge is 2.20. The van der Waals surface area contributed by atoms with Crippen LogP contribution in [0, 0.1) is 0 Å². The fourth-order valence-electron chi connectivity index (χ4n) is 11.7. The largest absolute Gasteiger partial charge is 0.456 e. The minimum atomic E-state index is 0.849. The first-order valence-corrected chi connectivity index (χ1v) is 26.3. The first-order chi connectivity index (χ1) is 38.6. The zero-order valence-electron chi connectivity index (χ0n) is 41.9. The Morgan fingerprint density at radius 1 is 0.167 bits per heavy atom. The molecule has 0 unspecified atom stereocenters. The fraction of sp³-hybridized carbons (Fsp3) is 0. The van der Waals surface area contributed by atoms with E-state index in [9.17, 15) is 0 Å². The van der Waals surface area contributed by atoms with E-state index in [4.69, 9.17) is 17.7 Å². The van der Waals surface area contributed by atoms with Crippen LogP contribution in [0.2, 0.25) is 0 Å². The van der Waals surface area contributed by atoms with Crippen LogP contribution >= 0.6 is 0 Å². The van der Waals surface area contributed by atoms with E-state index in [0.717, 1.165) is 155 Å². The minimum absolute atomic E-state index is 0.849. The normalized spacial score (nSPS) is 11.8. The van der Waals surface area contributed by atoms with Crippen LogP contribution in [0.25, 0.3) is 121 Å². The van der Waals surface area contributed by atoms with Crippen molar-refractivity contribution in [1.29, 1.82) is 0 Å². The zero-order valence-corrected chi connectivity index (χ0v) is 41.9. The van der Waals surface area contributed by atoms with E-state index in [0.29, 0.717) is 0 Å². The molecule has 16 aromatic rings. The van der Waals surface area contributed by atoms with E-state index in [2.05, 4.69) is 240 Å². The van der Waals surface area contributed by atoms with Gasteiger partial charge in [0, 0.05) is 77.2 Å². The quantitative estimate of drug-likeness (QED) is 0.144. The Kier molecular flexibility index (Phi) is 9.84. The maximum atomic E-state index is 6.43. The summed E-state index contributed by atoms with van der Waals surface area (Å²) in [6.07, 6.45) is 0. The monoisotopic (exact) mass is 1000 g/mol. The van der Waals surface area contributed by atoms with Gasteiger partial charge < -0.3 is 27.5 Å². The van der Waals surface area contributed by atoms with E-state index in [-0.39, 0.29) is 0 Å². The van der Waals surface area contributed by atoms with Crippen LogP contribution in [-0.2, 0) is 0 Å². The van der Waals surface area contributed by atoms with Gasteiger partial charge in [0.15, 0.2) is 0 Å². The summed E-state index contributed by atoms with van der Waals surface area (Å²) >= 11 is 0. The molecule has 12 aromatic carbocycles. The van der Waals surface area contributed by atoms with E-state index in [1.807, 2.05) is 36.4 Å². The van der Waals surface area contributed by atoms with E-state index in [1.54, 1.807) is 0 Å². The van der Waals surface area contributed by atoms with Crippen LogP contribution in [-0.4, -0.2) is 0 Å². The molecule has 0 saturated heterocycles. The highest BCUT2D eigenvalue weighted by atomic mass is 16.3. The molecule has 366 valence electrons. The van der Waals surface area contributed by atoms with Gasteiger partial charge in [-0.3, -0.25) is 0 Å². The SMILES string of the molecule is c1ccc(N(c2ccc(-c3ccc(N(c4ccccc4)c4cccc(-c5ccc6oc7cc8c(cc7c6c5)oc5ccccc58)c4)cc3)cc2)c2cccc(-c3ccc4oc5cc6c(cc5c4c3)oc3ccccc36)c2)cc1. The number of rotatable bonds is 9. The minimum Gasteiger partial charge on any atom is -0.456 e. The molecule has 78 heavy (non-hydrogen) atoms. The van der Waals surface area contributed by atoms with Gasteiger partial charge >= 0.3 is 0 Å². The summed E-state index contributed by atoms with van der Waals surface area (Å²) in [5.41, 5.74) is 19.9. The van der Waals surface area contributed by atoms with Crippen LogP contribution in [0.5, 0.6) is 0 Å². The lowest BCUT2D eigenvalue weighted by molar-refractivity contribution is 0.664. The second-order valence-electron chi connectivity index (χ2n) is 20.0. The molecule has 0 radical (unpaired) electrons. The number of hydrogen-bond acceptors (Lipinski definition) is 6. The van der Waals surface area contributed by atoms with Gasteiger partial charge in [-0.1, -0.05) is 133 Å². The average molecular weight is 1000 g/mol. The average Bonchev–Trinajstić information content (AvgIpc) is 4.37. The first-order valence-electron chi connectivity index (χ1n) is 26.3. The van der Waals surface area contributed by atoms with Gasteiger partial charge in [-0.2, -0.15) is 0 Å². The Hall–Kier alpha value is -10.6. The van der Waals surface area contributed by atoms with Crippen LogP contribution in [0.15, 0.2) is 285 Å². The molecular formula is C72H44N2O4. The highest BCUT2D eigenvalue weighted by molar-refractivity contribution is 6.17. The van der Waals surface area contributed by atoms with Gasteiger partial charge in [0.2, 0.25) is 0 Å². The van der Waals surface area contributed by atoms with E-state index >= 15 is 0 Å². The summed E-state index contributed by atoms with van der Waals surface area (Å²) in [4.78, 5) is 4.64. The molecule has 16 rings (SSSR count). The van der Waals surface area contributed by atoms with Gasteiger partial charge in [-0.15, -0.1) is 0 Å². The lowest BCUT2D eigenvalue weighted by Gasteiger charge is -2.26. The molecule has 0 aliphatic rings. The molecule has 6 heteroatoms. The van der Waals surface area contributed by atoms with Crippen LogP contribution in [0.3, 0.4) is 0 Å². The standard InChI is InChI=1S/C72H44N2O4/c1-3-15-51(16-4-1)73(55-19-11-13-47(37-55)49-29-35-67-59(39-49)63-43-69-61(41-71(63)77-67)57-21-7-9-23-65(57)75-69)53-31-25-45(26-32-53)46-27-33-54(34-28-46)74(52-17-5-2-6-18-52)56-20-12-14-48(38-56)50-30-36-68-60(40-50)64-44-70-62(42-72(64)78-68)58-22-8-10-24-66(58)76-70/h1-44H. The van der Waals surface area contributed by atoms with Gasteiger partial charge in [-0.05, 0) is 167 Å². The predicted octanol–water partition coefficient (Wildman–Crippen LogP) is 21.2. The molecule has 0 aliphatic heterocycles. The summed E-state index contributed by atoms with van der Waals surface area (Å²) in [6, 6.07) is 94.2. The van der Waals surface area contributed by atoms with Gasteiger partial charge in [0.1, 0.15) is 44.7 Å². The third-order valence-electron chi connectivity index (χ3n) is 15.4. The predicted molar refractivity (Wildman–Crippen MR) is 321 cm³/mol. The topological polar surface area (TPSA) is 59.0 Å². The van der Waals surface area contributed by atoms with E-state index in [1.165, 1.54) is 0 Å². The molecule has 0 fully saturated rings. The zero-order chi connectivity index (χ0) is 51.3. The molecule has 0 amide bonds. The smallest absolute Gasteiger partial charge is 0.136 e. The summed E-state index contributed by atoms with van der Waals surface area (Å²) in [7, 11) is 0. The summed E-state index contributed by atoms with van der Waals surface area (Å²) < 4.78 is 25.4. The first kappa shape index (κ1) is 43.8. The second-order valence-corrected chi connectivity index (χ2v) is 20.0. The molecular weight excluding hydrogens is 957 g/mol. The molecule has 0 spiro atoms. The summed E-state index contributed by atoms with van der Waals surface area (Å²) in [6.45, 7) is 0. The Bertz CT molecular complexity index is 4650. The number of fused-ring (bicyclic) bond motifs is 12. The maximum Gasteiger partial charge on any atom is 0.136 e. The van der Waals surface area contributed by atoms with Crippen molar-refractivity contribution in [3.8, 4) is 33.4 Å². The maximum absolute atomic E-state index is 6.43. The number of hydrogen-bond donors (Lipinski definition) is 0. The Morgan fingerprint density at radius 2 is 0.462 bits per heavy atom. The second kappa shape index (κ2) is 17.5. The molecule has 4 heterocycles. The number of furan rings is 4. The van der Waals surface area contributed by atoms with Crippen molar-refractivity contribution in [1.82, 2.24) is 0 Å². The van der Waals surface area contributed by atoms with E-state index < -0.39 is 0 Å². The lowest BCUT2D eigenvalue weighted by Crippen LogP contribution is -2.10. The van der Waals surface area contributed by atoms with Gasteiger partial charge in [0.25, 0.3) is 0 Å². The Labute approximate surface area is 447 Å². The molecule has 0 N–H and O–H groups in total. The van der Waals surface area contributed by atoms with Crippen molar-refractivity contribution in [3.05, 3.63) is 267 Å². The fourth-order valence-corrected chi connectivity index (χ4v) is 11.7. The molecule has 0 atom stereocenters. The highest BCUT2D eigenvalue weighted by Crippen LogP contribution is 2.44. The van der Waals surface area contributed by atoms with Gasteiger partial charge in [-0.25, -0.2) is 0 Å².